The number of nitrogens with zero attached hydrogens (tertiary/aromatic N) is 3. The molecule has 7 nitrogen and oxygen atoms in total. The molecule has 162 valence electrons. The number of halogens is 1. The Morgan fingerprint density at radius 1 is 1.13 bits per heavy atom. The molecule has 1 aliphatic rings. The molecule has 2 heterocycles. The summed E-state index contributed by atoms with van der Waals surface area (Å²) in [4.78, 5) is 32.1. The van der Waals surface area contributed by atoms with Crippen LogP contribution in [0.25, 0.3) is 11.0 Å². The standard InChI is InChI=1S/C23H26ClN5O2/c1-2-13-29-20-6-4-3-5-19(20)27-21(22(29)30)28-14-11-18(12-15-28)26-23(31)25-17-9-7-16(24)8-10-17/h3-10,18H,2,11-15H2,1H3,(H2,25,26,31). The first-order valence-electron chi connectivity index (χ1n) is 10.6. The predicted molar refractivity (Wildman–Crippen MR) is 125 cm³/mol. The highest BCUT2D eigenvalue weighted by molar-refractivity contribution is 6.30. The summed E-state index contributed by atoms with van der Waals surface area (Å²) in [5.41, 5.74) is 2.34. The molecule has 4 rings (SSSR count). The number of rotatable bonds is 5. The van der Waals surface area contributed by atoms with E-state index in [0.717, 1.165) is 30.3 Å². The summed E-state index contributed by atoms with van der Waals surface area (Å²) in [6.45, 7) is 4.06. The molecule has 2 N–H and O–H groups in total. The molecule has 1 aliphatic heterocycles. The molecule has 31 heavy (non-hydrogen) atoms. The second-order valence-corrected chi connectivity index (χ2v) is 8.18. The monoisotopic (exact) mass is 439 g/mol. The van der Waals surface area contributed by atoms with Gasteiger partial charge in [0.1, 0.15) is 0 Å². The van der Waals surface area contributed by atoms with Crippen molar-refractivity contribution in [3.8, 4) is 0 Å². The van der Waals surface area contributed by atoms with Gasteiger partial charge in [-0.15, -0.1) is 0 Å². The Hall–Kier alpha value is -3.06. The van der Waals surface area contributed by atoms with Crippen LogP contribution in [-0.4, -0.2) is 34.7 Å². The van der Waals surface area contributed by atoms with Crippen LogP contribution in [0.2, 0.25) is 5.02 Å². The number of carbonyl (C=O) groups excluding carboxylic acids is 1. The lowest BCUT2D eigenvalue weighted by Crippen LogP contribution is -2.47. The first-order chi connectivity index (χ1) is 15.0. The fourth-order valence-corrected chi connectivity index (χ4v) is 4.08. The van der Waals surface area contributed by atoms with E-state index in [1.54, 1.807) is 24.3 Å². The minimum absolute atomic E-state index is 0.0434. The molecule has 2 aromatic carbocycles. The number of aryl methyl sites for hydroxylation is 1. The smallest absolute Gasteiger partial charge is 0.319 e. The van der Waals surface area contributed by atoms with Crippen molar-refractivity contribution in [3.05, 3.63) is 63.9 Å². The van der Waals surface area contributed by atoms with Crippen LogP contribution in [0.4, 0.5) is 16.3 Å². The van der Waals surface area contributed by atoms with Gasteiger partial charge in [-0.1, -0.05) is 30.7 Å². The number of hydrogen-bond acceptors (Lipinski definition) is 4. The van der Waals surface area contributed by atoms with Gasteiger partial charge in [0.15, 0.2) is 5.82 Å². The van der Waals surface area contributed by atoms with E-state index in [2.05, 4.69) is 22.5 Å². The van der Waals surface area contributed by atoms with Gasteiger partial charge in [0, 0.05) is 36.4 Å². The number of fused-ring (bicyclic) bond motifs is 1. The maximum absolute atomic E-state index is 13.1. The molecule has 2 amide bonds. The van der Waals surface area contributed by atoms with Gasteiger partial charge in [0.2, 0.25) is 0 Å². The molecule has 0 saturated carbocycles. The van der Waals surface area contributed by atoms with Gasteiger partial charge >= 0.3 is 6.03 Å². The van der Waals surface area contributed by atoms with Crippen molar-refractivity contribution < 1.29 is 4.79 Å². The number of aromatic nitrogens is 2. The van der Waals surface area contributed by atoms with Gasteiger partial charge in [-0.25, -0.2) is 9.78 Å². The van der Waals surface area contributed by atoms with E-state index in [9.17, 15) is 9.59 Å². The topological polar surface area (TPSA) is 79.3 Å². The average molecular weight is 440 g/mol. The summed E-state index contributed by atoms with van der Waals surface area (Å²) in [5.74, 6) is 0.496. The van der Waals surface area contributed by atoms with Crippen LogP contribution >= 0.6 is 11.6 Å². The molecule has 1 fully saturated rings. The fourth-order valence-electron chi connectivity index (χ4n) is 3.95. The summed E-state index contributed by atoms with van der Waals surface area (Å²) in [6, 6.07) is 14.6. The Balaban J connectivity index is 1.42. The Kier molecular flexibility index (Phi) is 6.42. The number of carbonyl (C=O) groups is 1. The lowest BCUT2D eigenvalue weighted by Gasteiger charge is -2.33. The molecule has 0 aliphatic carbocycles. The van der Waals surface area contributed by atoms with E-state index in [-0.39, 0.29) is 17.6 Å². The Morgan fingerprint density at radius 2 is 1.84 bits per heavy atom. The second kappa shape index (κ2) is 9.39. The van der Waals surface area contributed by atoms with E-state index in [1.165, 1.54) is 0 Å². The largest absolute Gasteiger partial charge is 0.352 e. The van der Waals surface area contributed by atoms with Crippen molar-refractivity contribution in [1.82, 2.24) is 14.9 Å². The Bertz CT molecular complexity index is 1120. The molecule has 1 aromatic heterocycles. The first-order valence-corrected chi connectivity index (χ1v) is 11.0. The number of urea groups is 1. The van der Waals surface area contributed by atoms with Crippen molar-refractivity contribution in [3.63, 3.8) is 0 Å². The SMILES string of the molecule is CCCn1c(=O)c(N2CCC(NC(=O)Nc3ccc(Cl)cc3)CC2)nc2ccccc21. The summed E-state index contributed by atoms with van der Waals surface area (Å²) in [7, 11) is 0. The molecule has 0 bridgehead atoms. The van der Waals surface area contributed by atoms with Gasteiger partial charge in [-0.3, -0.25) is 4.79 Å². The summed E-state index contributed by atoms with van der Waals surface area (Å²) < 4.78 is 1.82. The summed E-state index contributed by atoms with van der Waals surface area (Å²) >= 11 is 5.88. The number of benzene rings is 2. The number of anilines is 2. The zero-order chi connectivity index (χ0) is 21.8. The van der Waals surface area contributed by atoms with Gasteiger partial charge < -0.3 is 20.1 Å². The maximum atomic E-state index is 13.1. The molecule has 3 aromatic rings. The molecule has 0 radical (unpaired) electrons. The predicted octanol–water partition coefficient (Wildman–Crippen LogP) is 4.25. The highest BCUT2D eigenvalue weighted by atomic mass is 35.5. The fraction of sp³-hybridized carbons (Fsp3) is 0.348. The molecular formula is C23H26ClN5O2. The minimum atomic E-state index is -0.241. The number of amides is 2. The zero-order valence-corrected chi connectivity index (χ0v) is 18.2. The third-order valence-electron chi connectivity index (χ3n) is 5.51. The van der Waals surface area contributed by atoms with Crippen molar-refractivity contribution in [2.45, 2.75) is 38.8 Å². The molecule has 8 heteroatoms. The summed E-state index contributed by atoms with van der Waals surface area (Å²) in [6.07, 6.45) is 2.37. The van der Waals surface area contributed by atoms with E-state index in [0.29, 0.717) is 36.2 Å². The first kappa shape index (κ1) is 21.2. The number of piperidine rings is 1. The highest BCUT2D eigenvalue weighted by Crippen LogP contribution is 2.19. The molecule has 0 atom stereocenters. The van der Waals surface area contributed by atoms with Gasteiger partial charge in [-0.05, 0) is 55.7 Å². The quantitative estimate of drug-likeness (QED) is 0.622. The van der Waals surface area contributed by atoms with Crippen LogP contribution in [0.5, 0.6) is 0 Å². The second-order valence-electron chi connectivity index (χ2n) is 7.75. The molecule has 0 spiro atoms. The van der Waals surface area contributed by atoms with Crippen molar-refractivity contribution >= 4 is 40.2 Å². The van der Waals surface area contributed by atoms with Gasteiger partial charge in [0.05, 0.1) is 11.0 Å². The maximum Gasteiger partial charge on any atom is 0.319 e. The zero-order valence-electron chi connectivity index (χ0n) is 17.5. The lowest BCUT2D eigenvalue weighted by molar-refractivity contribution is 0.246. The van der Waals surface area contributed by atoms with Crippen LogP contribution in [0, 0.1) is 0 Å². The minimum Gasteiger partial charge on any atom is -0.352 e. The van der Waals surface area contributed by atoms with Crippen LogP contribution in [0.15, 0.2) is 53.3 Å². The average Bonchev–Trinajstić information content (AvgIpc) is 2.78. The summed E-state index contributed by atoms with van der Waals surface area (Å²) in [5, 5.41) is 6.46. The van der Waals surface area contributed by atoms with Crippen LogP contribution in [-0.2, 0) is 6.54 Å². The van der Waals surface area contributed by atoms with Crippen LogP contribution in [0.1, 0.15) is 26.2 Å². The van der Waals surface area contributed by atoms with Crippen molar-refractivity contribution in [2.24, 2.45) is 0 Å². The van der Waals surface area contributed by atoms with Crippen molar-refractivity contribution in [1.29, 1.82) is 0 Å². The number of nitrogens with one attached hydrogen (secondary N) is 2. The third kappa shape index (κ3) is 4.82. The molecular weight excluding hydrogens is 414 g/mol. The number of para-hydroxylation sites is 2. The van der Waals surface area contributed by atoms with E-state index in [1.807, 2.05) is 33.7 Å². The highest BCUT2D eigenvalue weighted by Gasteiger charge is 2.24. The third-order valence-corrected chi connectivity index (χ3v) is 5.77. The van der Waals surface area contributed by atoms with Gasteiger partial charge in [0.25, 0.3) is 5.56 Å². The van der Waals surface area contributed by atoms with Crippen LogP contribution < -0.4 is 21.1 Å². The normalized spacial score (nSPS) is 14.6. The van der Waals surface area contributed by atoms with Crippen molar-refractivity contribution in [2.75, 3.05) is 23.3 Å². The van der Waals surface area contributed by atoms with Gasteiger partial charge in [-0.2, -0.15) is 0 Å². The molecule has 0 unspecified atom stereocenters. The Morgan fingerprint density at radius 3 is 2.55 bits per heavy atom. The number of hydrogen-bond donors (Lipinski definition) is 2. The van der Waals surface area contributed by atoms with E-state index < -0.39 is 0 Å². The van der Waals surface area contributed by atoms with E-state index >= 15 is 0 Å². The van der Waals surface area contributed by atoms with Crippen LogP contribution in [0.3, 0.4) is 0 Å². The van der Waals surface area contributed by atoms with E-state index in [4.69, 9.17) is 11.6 Å². The Labute approximate surface area is 186 Å². The lowest BCUT2D eigenvalue weighted by atomic mass is 10.1. The molecule has 1 saturated heterocycles.